The largest absolute Gasteiger partial charge is 0.494 e. The molecule has 0 aliphatic rings. The molecule has 1 rings (SSSR count). The Bertz CT molecular complexity index is 615. The quantitative estimate of drug-likeness (QED) is 0.824. The fourth-order valence-electron chi connectivity index (χ4n) is 1.76. The van der Waals surface area contributed by atoms with Crippen molar-refractivity contribution in [2.24, 2.45) is 5.92 Å². The van der Waals surface area contributed by atoms with Crippen molar-refractivity contribution in [3.8, 4) is 5.75 Å². The highest BCUT2D eigenvalue weighted by molar-refractivity contribution is 7.89. The van der Waals surface area contributed by atoms with Crippen molar-refractivity contribution >= 4 is 16.0 Å². The molecule has 21 heavy (non-hydrogen) atoms. The number of nitrogens with zero attached hydrogens (tertiary/aromatic N) is 1. The Kier molecular flexibility index (Phi) is 5.68. The summed E-state index contributed by atoms with van der Waals surface area (Å²) in [5, 5.41) is 8.84. The van der Waals surface area contributed by atoms with E-state index in [1.165, 1.54) is 19.2 Å². The topological polar surface area (TPSA) is 83.9 Å². The summed E-state index contributed by atoms with van der Waals surface area (Å²) in [5.74, 6) is -2.24. The van der Waals surface area contributed by atoms with Crippen LogP contribution in [-0.2, 0) is 14.8 Å². The summed E-state index contributed by atoms with van der Waals surface area (Å²) in [6.45, 7) is 2.88. The Morgan fingerprint density at radius 3 is 2.48 bits per heavy atom. The van der Waals surface area contributed by atoms with Crippen molar-refractivity contribution < 1.29 is 27.4 Å². The highest BCUT2D eigenvalue weighted by Gasteiger charge is 2.28. The van der Waals surface area contributed by atoms with Gasteiger partial charge < -0.3 is 9.84 Å². The van der Waals surface area contributed by atoms with Crippen molar-refractivity contribution in [2.75, 3.05) is 20.2 Å². The Balaban J connectivity index is 3.21. The molecule has 6 nitrogen and oxygen atoms in total. The van der Waals surface area contributed by atoms with E-state index < -0.39 is 28.4 Å². The molecule has 0 heterocycles. The zero-order valence-electron chi connectivity index (χ0n) is 12.0. The molecule has 1 aromatic rings. The SMILES string of the molecule is COc1ccc(S(=O)(=O)N(CC(=O)O)CC(C)C)cc1F. The first-order chi connectivity index (χ1) is 9.68. The van der Waals surface area contributed by atoms with Gasteiger partial charge in [-0.15, -0.1) is 0 Å². The number of hydrogen-bond donors (Lipinski definition) is 1. The van der Waals surface area contributed by atoms with Gasteiger partial charge in [0.15, 0.2) is 11.6 Å². The molecule has 0 unspecified atom stereocenters. The summed E-state index contributed by atoms with van der Waals surface area (Å²) in [7, 11) is -2.82. The van der Waals surface area contributed by atoms with Crippen LogP contribution in [0.15, 0.2) is 23.1 Å². The normalized spacial score (nSPS) is 11.9. The van der Waals surface area contributed by atoms with Crippen molar-refractivity contribution in [3.63, 3.8) is 0 Å². The molecule has 0 saturated heterocycles. The fourth-order valence-corrected chi connectivity index (χ4v) is 3.33. The van der Waals surface area contributed by atoms with Crippen LogP contribution in [0, 0.1) is 11.7 Å². The van der Waals surface area contributed by atoms with Gasteiger partial charge in [0, 0.05) is 6.54 Å². The summed E-state index contributed by atoms with van der Waals surface area (Å²) in [6, 6.07) is 3.20. The Morgan fingerprint density at radius 1 is 1.43 bits per heavy atom. The number of hydrogen-bond acceptors (Lipinski definition) is 4. The molecular weight excluding hydrogens is 301 g/mol. The molecule has 0 amide bonds. The Labute approximate surface area is 123 Å². The van der Waals surface area contributed by atoms with E-state index in [1.54, 1.807) is 13.8 Å². The molecule has 0 saturated carbocycles. The number of rotatable bonds is 7. The molecule has 0 atom stereocenters. The van der Waals surface area contributed by atoms with Gasteiger partial charge in [0.05, 0.1) is 12.0 Å². The van der Waals surface area contributed by atoms with E-state index in [2.05, 4.69) is 0 Å². The number of ether oxygens (including phenoxy) is 1. The van der Waals surface area contributed by atoms with Crippen LogP contribution in [0.4, 0.5) is 4.39 Å². The van der Waals surface area contributed by atoms with Crippen LogP contribution in [-0.4, -0.2) is 44.0 Å². The monoisotopic (exact) mass is 319 g/mol. The molecule has 1 N–H and O–H groups in total. The maximum atomic E-state index is 13.6. The van der Waals surface area contributed by atoms with Crippen molar-refractivity contribution in [3.05, 3.63) is 24.0 Å². The van der Waals surface area contributed by atoms with Gasteiger partial charge in [0.1, 0.15) is 6.54 Å². The Hall–Kier alpha value is -1.67. The van der Waals surface area contributed by atoms with Crippen molar-refractivity contribution in [1.82, 2.24) is 4.31 Å². The summed E-state index contributed by atoms with van der Waals surface area (Å²) in [6.07, 6.45) is 0. The molecule has 1 aromatic carbocycles. The molecule has 118 valence electrons. The molecule has 0 aromatic heterocycles. The molecule has 8 heteroatoms. The highest BCUT2D eigenvalue weighted by atomic mass is 32.2. The van der Waals surface area contributed by atoms with E-state index in [0.29, 0.717) is 0 Å². The lowest BCUT2D eigenvalue weighted by atomic mass is 10.2. The van der Waals surface area contributed by atoms with E-state index in [1.807, 2.05) is 0 Å². The number of carboxylic acids is 1. The Morgan fingerprint density at radius 2 is 2.05 bits per heavy atom. The summed E-state index contributed by atoms with van der Waals surface area (Å²) in [5.41, 5.74) is 0. The van der Waals surface area contributed by atoms with E-state index in [9.17, 15) is 17.6 Å². The summed E-state index contributed by atoms with van der Waals surface area (Å²) >= 11 is 0. The van der Waals surface area contributed by atoms with E-state index >= 15 is 0 Å². The second-order valence-corrected chi connectivity index (χ2v) is 6.82. The third-order valence-electron chi connectivity index (χ3n) is 2.64. The van der Waals surface area contributed by atoms with Gasteiger partial charge in [0.25, 0.3) is 0 Å². The van der Waals surface area contributed by atoms with Crippen LogP contribution in [0.2, 0.25) is 0 Å². The van der Waals surface area contributed by atoms with Crippen LogP contribution in [0.5, 0.6) is 5.75 Å². The second-order valence-electron chi connectivity index (χ2n) is 4.88. The maximum absolute atomic E-state index is 13.6. The zero-order chi connectivity index (χ0) is 16.2. The lowest BCUT2D eigenvalue weighted by molar-refractivity contribution is -0.137. The van der Waals surface area contributed by atoms with Crippen LogP contribution >= 0.6 is 0 Å². The van der Waals surface area contributed by atoms with E-state index in [4.69, 9.17) is 9.84 Å². The molecule has 0 spiro atoms. The first-order valence-corrected chi connectivity index (χ1v) is 7.68. The van der Waals surface area contributed by atoms with Gasteiger partial charge in [-0.25, -0.2) is 12.8 Å². The average molecular weight is 319 g/mol. The smallest absolute Gasteiger partial charge is 0.318 e. The third kappa shape index (κ3) is 4.40. The fraction of sp³-hybridized carbons (Fsp3) is 0.462. The van der Waals surface area contributed by atoms with Gasteiger partial charge in [-0.05, 0) is 24.1 Å². The van der Waals surface area contributed by atoms with Crippen LogP contribution in [0.3, 0.4) is 0 Å². The molecule has 0 radical (unpaired) electrons. The maximum Gasteiger partial charge on any atom is 0.318 e. The van der Waals surface area contributed by atoms with Gasteiger partial charge in [-0.3, -0.25) is 4.79 Å². The number of carboxylic acid groups (broad SMARTS) is 1. The number of benzene rings is 1. The summed E-state index contributed by atoms with van der Waals surface area (Å²) in [4.78, 5) is 10.5. The predicted octanol–water partition coefficient (Wildman–Crippen LogP) is 1.57. The third-order valence-corrected chi connectivity index (χ3v) is 4.45. The standard InChI is InChI=1S/C13H18FNO5S/c1-9(2)7-15(8-13(16)17)21(18,19)10-4-5-12(20-3)11(14)6-10/h4-6,9H,7-8H2,1-3H3,(H,16,17). The number of methoxy groups -OCH3 is 1. The highest BCUT2D eigenvalue weighted by Crippen LogP contribution is 2.23. The van der Waals surface area contributed by atoms with Crippen LogP contribution in [0.25, 0.3) is 0 Å². The van der Waals surface area contributed by atoms with E-state index in [0.717, 1.165) is 10.4 Å². The number of aliphatic carboxylic acids is 1. The first kappa shape index (κ1) is 17.4. The van der Waals surface area contributed by atoms with Gasteiger partial charge in [-0.1, -0.05) is 13.8 Å². The molecule has 0 aliphatic heterocycles. The second kappa shape index (κ2) is 6.86. The molecule has 0 fully saturated rings. The van der Waals surface area contributed by atoms with Gasteiger partial charge in [-0.2, -0.15) is 4.31 Å². The van der Waals surface area contributed by atoms with Crippen LogP contribution in [0.1, 0.15) is 13.8 Å². The molecule has 0 aliphatic carbocycles. The summed E-state index contributed by atoms with van der Waals surface area (Å²) < 4.78 is 44.0. The number of carbonyl (C=O) groups is 1. The van der Waals surface area contributed by atoms with Crippen molar-refractivity contribution in [1.29, 1.82) is 0 Å². The zero-order valence-corrected chi connectivity index (χ0v) is 12.9. The molecular formula is C13H18FNO5S. The minimum Gasteiger partial charge on any atom is -0.494 e. The predicted molar refractivity (Wildman–Crippen MR) is 74.2 cm³/mol. The van der Waals surface area contributed by atoms with Crippen molar-refractivity contribution in [2.45, 2.75) is 18.7 Å². The van der Waals surface area contributed by atoms with Gasteiger partial charge >= 0.3 is 5.97 Å². The number of halogens is 1. The first-order valence-electron chi connectivity index (χ1n) is 6.24. The molecule has 0 bridgehead atoms. The number of sulfonamides is 1. The lowest BCUT2D eigenvalue weighted by Crippen LogP contribution is -2.38. The average Bonchev–Trinajstić information content (AvgIpc) is 2.36. The van der Waals surface area contributed by atoms with Gasteiger partial charge in [0.2, 0.25) is 10.0 Å². The minimum absolute atomic E-state index is 0.0300. The minimum atomic E-state index is -4.08. The van der Waals surface area contributed by atoms with Crippen LogP contribution < -0.4 is 4.74 Å². The lowest BCUT2D eigenvalue weighted by Gasteiger charge is -2.22. The van der Waals surface area contributed by atoms with E-state index in [-0.39, 0.29) is 23.1 Å².